The lowest BCUT2D eigenvalue weighted by Crippen LogP contribution is -2.34. The number of nitrogens with one attached hydrogen (secondary N) is 1. The first-order valence-corrected chi connectivity index (χ1v) is 6.00. The summed E-state index contributed by atoms with van der Waals surface area (Å²) in [5, 5.41) is 3.37. The van der Waals surface area contributed by atoms with Crippen LogP contribution in [0.2, 0.25) is 5.02 Å². The fraction of sp³-hybridized carbons (Fsp3) is 0.385. The molecule has 0 aromatic heterocycles. The van der Waals surface area contributed by atoms with Crippen LogP contribution in [0.1, 0.15) is 18.9 Å². The van der Waals surface area contributed by atoms with E-state index in [2.05, 4.69) is 5.32 Å². The van der Waals surface area contributed by atoms with Gasteiger partial charge in [-0.25, -0.2) is 0 Å². The van der Waals surface area contributed by atoms with Crippen molar-refractivity contribution in [3.05, 3.63) is 34.9 Å². The molecule has 1 N–H and O–H groups in total. The summed E-state index contributed by atoms with van der Waals surface area (Å²) in [6.45, 7) is 1.43. The third-order valence-corrected chi connectivity index (χ3v) is 3.50. The highest BCUT2D eigenvalue weighted by atomic mass is 35.5. The molecule has 1 aliphatic carbocycles. The SMILES string of the molecule is COC(=O)[C@@]1(c2ccc(Cl)cc2)C[C@@H]1NC(C)=O. The predicted octanol–water partition coefficient (Wildman–Crippen LogP) is 1.66. The topological polar surface area (TPSA) is 55.4 Å². The quantitative estimate of drug-likeness (QED) is 0.848. The fourth-order valence-electron chi connectivity index (χ4n) is 2.27. The van der Waals surface area contributed by atoms with E-state index in [1.165, 1.54) is 14.0 Å². The summed E-state index contributed by atoms with van der Waals surface area (Å²) in [4.78, 5) is 23.1. The molecule has 0 aliphatic heterocycles. The lowest BCUT2D eigenvalue weighted by molar-refractivity contribution is -0.143. The Balaban J connectivity index is 2.31. The molecule has 0 spiro atoms. The molecule has 2 rings (SSSR count). The largest absolute Gasteiger partial charge is 0.468 e. The maximum Gasteiger partial charge on any atom is 0.318 e. The van der Waals surface area contributed by atoms with Crippen LogP contribution in [0.25, 0.3) is 0 Å². The Kier molecular flexibility index (Phi) is 3.30. The lowest BCUT2D eigenvalue weighted by Gasteiger charge is -2.15. The van der Waals surface area contributed by atoms with E-state index in [9.17, 15) is 9.59 Å². The van der Waals surface area contributed by atoms with Crippen LogP contribution < -0.4 is 5.32 Å². The molecule has 96 valence electrons. The number of hydrogen-bond donors (Lipinski definition) is 1. The minimum atomic E-state index is -0.759. The third-order valence-electron chi connectivity index (χ3n) is 3.25. The Labute approximate surface area is 110 Å². The van der Waals surface area contributed by atoms with Crippen LogP contribution in [0.4, 0.5) is 0 Å². The summed E-state index contributed by atoms with van der Waals surface area (Å²) < 4.78 is 4.85. The average Bonchev–Trinajstić information content (AvgIpc) is 3.03. The van der Waals surface area contributed by atoms with Gasteiger partial charge in [0.1, 0.15) is 5.41 Å². The minimum absolute atomic E-state index is 0.153. The highest BCUT2D eigenvalue weighted by molar-refractivity contribution is 6.30. The Morgan fingerprint density at radius 1 is 1.39 bits per heavy atom. The molecule has 1 amide bonds. The highest BCUT2D eigenvalue weighted by Gasteiger charge is 2.62. The third kappa shape index (κ3) is 2.08. The van der Waals surface area contributed by atoms with Gasteiger partial charge in [0, 0.05) is 11.9 Å². The highest BCUT2D eigenvalue weighted by Crippen LogP contribution is 2.49. The van der Waals surface area contributed by atoms with Gasteiger partial charge in [-0.15, -0.1) is 0 Å². The normalized spacial score (nSPS) is 25.4. The molecular weight excluding hydrogens is 254 g/mol. The second-order valence-electron chi connectivity index (χ2n) is 4.43. The first-order chi connectivity index (χ1) is 8.50. The number of rotatable bonds is 3. The Morgan fingerprint density at radius 3 is 2.50 bits per heavy atom. The van der Waals surface area contributed by atoms with Gasteiger partial charge in [0.25, 0.3) is 0 Å². The van der Waals surface area contributed by atoms with Gasteiger partial charge in [-0.1, -0.05) is 23.7 Å². The van der Waals surface area contributed by atoms with Crippen LogP contribution in [-0.4, -0.2) is 25.0 Å². The molecule has 0 unspecified atom stereocenters. The molecule has 1 aromatic rings. The van der Waals surface area contributed by atoms with Gasteiger partial charge in [0.2, 0.25) is 5.91 Å². The lowest BCUT2D eigenvalue weighted by atomic mass is 9.95. The maximum atomic E-state index is 12.0. The van der Waals surface area contributed by atoms with Crippen molar-refractivity contribution in [1.29, 1.82) is 0 Å². The predicted molar refractivity (Wildman–Crippen MR) is 67.4 cm³/mol. The second-order valence-corrected chi connectivity index (χ2v) is 4.86. The number of methoxy groups -OCH3 is 1. The van der Waals surface area contributed by atoms with Crippen LogP contribution >= 0.6 is 11.6 Å². The molecule has 1 aliphatic rings. The fourth-order valence-corrected chi connectivity index (χ4v) is 2.40. The molecule has 1 fully saturated rings. The molecule has 0 heterocycles. The zero-order chi connectivity index (χ0) is 13.3. The standard InChI is InChI=1S/C13H14ClNO3/c1-8(16)15-11-7-13(11,12(17)18-2)9-3-5-10(14)6-4-9/h3-6,11H,7H2,1-2H3,(H,15,16)/t11-,13+/m0/s1. The van der Waals surface area contributed by atoms with Gasteiger partial charge in [-0.05, 0) is 24.1 Å². The van der Waals surface area contributed by atoms with E-state index in [0.717, 1.165) is 5.56 Å². The van der Waals surface area contributed by atoms with Crippen molar-refractivity contribution in [1.82, 2.24) is 5.32 Å². The zero-order valence-corrected chi connectivity index (χ0v) is 11.0. The molecular formula is C13H14ClNO3. The van der Waals surface area contributed by atoms with Crippen molar-refractivity contribution in [2.45, 2.75) is 24.8 Å². The Hall–Kier alpha value is -1.55. The van der Waals surface area contributed by atoms with Crippen molar-refractivity contribution in [3.63, 3.8) is 0 Å². The number of esters is 1. The van der Waals surface area contributed by atoms with Crippen molar-refractivity contribution in [3.8, 4) is 0 Å². The molecule has 18 heavy (non-hydrogen) atoms. The second kappa shape index (κ2) is 4.61. The average molecular weight is 268 g/mol. The molecule has 0 bridgehead atoms. The summed E-state index contributed by atoms with van der Waals surface area (Å²) >= 11 is 5.83. The summed E-state index contributed by atoms with van der Waals surface area (Å²) in [6, 6.07) is 6.83. The summed E-state index contributed by atoms with van der Waals surface area (Å²) in [5.41, 5.74) is 0.0582. The van der Waals surface area contributed by atoms with E-state index in [0.29, 0.717) is 11.4 Å². The van der Waals surface area contributed by atoms with Crippen LogP contribution in [0.15, 0.2) is 24.3 Å². The number of ether oxygens (including phenoxy) is 1. The van der Waals surface area contributed by atoms with Crippen molar-refractivity contribution < 1.29 is 14.3 Å². The molecule has 1 saturated carbocycles. The first-order valence-electron chi connectivity index (χ1n) is 5.62. The number of benzene rings is 1. The van der Waals surface area contributed by atoms with Gasteiger partial charge in [-0.2, -0.15) is 0 Å². The molecule has 4 nitrogen and oxygen atoms in total. The molecule has 0 radical (unpaired) electrons. The van der Waals surface area contributed by atoms with E-state index < -0.39 is 5.41 Å². The number of carbonyl (C=O) groups excluding carboxylic acids is 2. The zero-order valence-electron chi connectivity index (χ0n) is 10.2. The Bertz CT molecular complexity index is 486. The Morgan fingerprint density at radius 2 is 2.00 bits per heavy atom. The van der Waals surface area contributed by atoms with Crippen molar-refractivity contribution in [2.75, 3.05) is 7.11 Å². The maximum absolute atomic E-state index is 12.0. The van der Waals surface area contributed by atoms with Crippen molar-refractivity contribution in [2.24, 2.45) is 0 Å². The number of carbonyl (C=O) groups is 2. The molecule has 1 aromatic carbocycles. The van der Waals surface area contributed by atoms with Crippen molar-refractivity contribution >= 4 is 23.5 Å². The van der Waals surface area contributed by atoms with E-state index in [1.54, 1.807) is 24.3 Å². The van der Waals surface area contributed by atoms with E-state index in [4.69, 9.17) is 16.3 Å². The van der Waals surface area contributed by atoms with Crippen LogP contribution in [0.3, 0.4) is 0 Å². The van der Waals surface area contributed by atoms with Gasteiger partial charge >= 0.3 is 5.97 Å². The van der Waals surface area contributed by atoms with Crippen LogP contribution in [0, 0.1) is 0 Å². The molecule has 5 heteroatoms. The van der Waals surface area contributed by atoms with Crippen LogP contribution in [0.5, 0.6) is 0 Å². The van der Waals surface area contributed by atoms with Gasteiger partial charge in [-0.3, -0.25) is 9.59 Å². The van der Waals surface area contributed by atoms with Gasteiger partial charge < -0.3 is 10.1 Å². The van der Waals surface area contributed by atoms with E-state index >= 15 is 0 Å². The van der Waals surface area contributed by atoms with Crippen LogP contribution in [-0.2, 0) is 19.7 Å². The molecule has 2 atom stereocenters. The number of halogens is 1. The number of hydrogen-bond acceptors (Lipinski definition) is 3. The van der Waals surface area contributed by atoms with E-state index in [1.807, 2.05) is 0 Å². The van der Waals surface area contributed by atoms with E-state index in [-0.39, 0.29) is 17.9 Å². The van der Waals surface area contributed by atoms with Gasteiger partial charge in [0.05, 0.1) is 13.2 Å². The first kappa shape index (κ1) is 12.9. The summed E-state index contributed by atoms with van der Waals surface area (Å²) in [5.74, 6) is -0.483. The summed E-state index contributed by atoms with van der Waals surface area (Å²) in [7, 11) is 1.35. The smallest absolute Gasteiger partial charge is 0.318 e. The minimum Gasteiger partial charge on any atom is -0.468 e. The molecule has 0 saturated heterocycles. The monoisotopic (exact) mass is 267 g/mol. The number of amides is 1. The summed E-state index contributed by atoms with van der Waals surface area (Å²) in [6.07, 6.45) is 0.556. The van der Waals surface area contributed by atoms with Gasteiger partial charge in [0.15, 0.2) is 0 Å².